The van der Waals surface area contributed by atoms with Gasteiger partial charge in [-0.1, -0.05) is 127 Å². The summed E-state index contributed by atoms with van der Waals surface area (Å²) in [5.41, 5.74) is 7.83. The van der Waals surface area contributed by atoms with Crippen molar-refractivity contribution in [2.45, 2.75) is 6.42 Å². The number of benzene rings is 6. The Kier molecular flexibility index (Phi) is 6.51. The molecule has 3 aromatic heterocycles. The molecule has 1 unspecified atom stereocenters. The molecule has 9 aromatic rings. The third-order valence-electron chi connectivity index (χ3n) is 10.6. The Bertz CT molecular complexity index is 3050. The summed E-state index contributed by atoms with van der Waals surface area (Å²) in [5, 5.41) is 7.40. The van der Waals surface area contributed by atoms with E-state index in [1.54, 1.807) is 11.3 Å². The summed E-state index contributed by atoms with van der Waals surface area (Å²) >= 11 is 1.80. The number of thiophene rings is 1. The van der Waals surface area contributed by atoms with E-state index in [4.69, 9.17) is 15.0 Å². The van der Waals surface area contributed by atoms with Crippen LogP contribution in [0.25, 0.3) is 86.8 Å². The summed E-state index contributed by atoms with van der Waals surface area (Å²) in [7, 11) is 0. The Hall–Kier alpha value is -6.43. The zero-order chi connectivity index (χ0) is 34.2. The van der Waals surface area contributed by atoms with Crippen LogP contribution < -0.4 is 0 Å². The van der Waals surface area contributed by atoms with E-state index in [0.717, 1.165) is 28.8 Å². The van der Waals surface area contributed by atoms with Crippen LogP contribution in [0.2, 0.25) is 0 Å². The minimum absolute atomic E-state index is 0.226. The topological polar surface area (TPSA) is 43.6 Å². The highest BCUT2D eigenvalue weighted by atomic mass is 32.1. The number of hydrogen-bond donors (Lipinski definition) is 0. The van der Waals surface area contributed by atoms with Crippen molar-refractivity contribution in [1.82, 2.24) is 19.5 Å². The molecular weight excluding hydrogens is 653 g/mol. The first-order valence-electron chi connectivity index (χ1n) is 17.7. The van der Waals surface area contributed by atoms with Crippen LogP contribution in [-0.4, -0.2) is 19.5 Å². The van der Waals surface area contributed by atoms with Crippen molar-refractivity contribution in [3.63, 3.8) is 0 Å². The quantitative estimate of drug-likeness (QED) is 0.186. The van der Waals surface area contributed by atoms with Crippen LogP contribution in [0.3, 0.4) is 0 Å². The summed E-state index contributed by atoms with van der Waals surface area (Å²) in [5.74, 6) is 2.30. The molecule has 5 heteroatoms. The SMILES string of the molecule is C1=CC2=CC(n3c4ccccc4c4cc5ccccc5cc43)=C(c3nc(-c4ccccc4)nc(-c4cccc5c4sc4ccccc45)n3)CC2C=C1. The van der Waals surface area contributed by atoms with Gasteiger partial charge in [0.15, 0.2) is 17.5 Å². The molecule has 0 fully saturated rings. The second kappa shape index (κ2) is 11.6. The van der Waals surface area contributed by atoms with Gasteiger partial charge in [0.2, 0.25) is 0 Å². The molecule has 0 spiro atoms. The molecule has 4 nitrogen and oxygen atoms in total. The Morgan fingerprint density at radius 2 is 1.31 bits per heavy atom. The first-order chi connectivity index (χ1) is 25.8. The van der Waals surface area contributed by atoms with Crippen molar-refractivity contribution in [2.75, 3.05) is 0 Å². The Morgan fingerprint density at radius 3 is 2.21 bits per heavy atom. The van der Waals surface area contributed by atoms with Crippen LogP contribution in [0.1, 0.15) is 12.2 Å². The van der Waals surface area contributed by atoms with Gasteiger partial charge in [-0.15, -0.1) is 11.3 Å². The van der Waals surface area contributed by atoms with Crippen molar-refractivity contribution in [1.29, 1.82) is 0 Å². The van der Waals surface area contributed by atoms with Crippen molar-refractivity contribution in [2.24, 2.45) is 5.92 Å². The fourth-order valence-corrected chi connectivity index (χ4v) is 9.31. The molecule has 11 rings (SSSR count). The summed E-state index contributed by atoms with van der Waals surface area (Å²) < 4.78 is 4.89. The van der Waals surface area contributed by atoms with Crippen LogP contribution in [0.15, 0.2) is 169 Å². The highest BCUT2D eigenvalue weighted by Crippen LogP contribution is 2.44. The fourth-order valence-electron chi connectivity index (χ4n) is 8.10. The van der Waals surface area contributed by atoms with Gasteiger partial charge in [-0.3, -0.25) is 0 Å². The van der Waals surface area contributed by atoms with Gasteiger partial charge >= 0.3 is 0 Å². The highest BCUT2D eigenvalue weighted by Gasteiger charge is 2.28. The summed E-state index contributed by atoms with van der Waals surface area (Å²) in [6.45, 7) is 0. The largest absolute Gasteiger partial charge is 0.309 e. The number of aromatic nitrogens is 4. The molecule has 0 saturated heterocycles. The normalized spacial score (nSPS) is 15.7. The lowest BCUT2D eigenvalue weighted by atomic mass is 9.82. The molecule has 0 aliphatic heterocycles. The lowest BCUT2D eigenvalue weighted by molar-refractivity contribution is 0.782. The number of fused-ring (bicyclic) bond motifs is 8. The summed E-state index contributed by atoms with van der Waals surface area (Å²) in [6, 6.07) is 47.5. The van der Waals surface area contributed by atoms with E-state index < -0.39 is 0 Å². The van der Waals surface area contributed by atoms with E-state index >= 15 is 0 Å². The van der Waals surface area contributed by atoms with Crippen LogP contribution in [-0.2, 0) is 0 Å². The first-order valence-corrected chi connectivity index (χ1v) is 18.5. The third-order valence-corrected chi connectivity index (χ3v) is 11.8. The third kappa shape index (κ3) is 4.56. The fraction of sp³-hybridized carbons (Fsp3) is 0.0426. The molecule has 2 aliphatic carbocycles. The number of nitrogens with zero attached hydrogens (tertiary/aromatic N) is 4. The molecular formula is C47H30N4S. The Labute approximate surface area is 304 Å². The molecule has 3 heterocycles. The maximum atomic E-state index is 5.42. The number of allylic oxidation sites excluding steroid dienone is 8. The van der Waals surface area contributed by atoms with E-state index in [9.17, 15) is 0 Å². The van der Waals surface area contributed by atoms with Crippen molar-refractivity contribution >= 4 is 75.4 Å². The summed E-state index contributed by atoms with van der Waals surface area (Å²) in [4.78, 5) is 16.0. The second-order valence-corrected chi connectivity index (χ2v) is 14.6. The van der Waals surface area contributed by atoms with E-state index in [0.29, 0.717) is 17.5 Å². The minimum atomic E-state index is 0.226. The van der Waals surface area contributed by atoms with E-state index in [-0.39, 0.29) is 5.92 Å². The van der Waals surface area contributed by atoms with Gasteiger partial charge in [0.05, 0.1) is 16.7 Å². The smallest absolute Gasteiger partial charge is 0.165 e. The van der Waals surface area contributed by atoms with Crippen LogP contribution in [0.5, 0.6) is 0 Å². The molecule has 0 amide bonds. The molecule has 0 bridgehead atoms. The van der Waals surface area contributed by atoms with Gasteiger partial charge in [0.1, 0.15) is 0 Å². The predicted molar refractivity (Wildman–Crippen MR) is 218 cm³/mol. The van der Waals surface area contributed by atoms with Gasteiger partial charge in [-0.05, 0) is 59.2 Å². The Morgan fingerprint density at radius 1 is 0.577 bits per heavy atom. The van der Waals surface area contributed by atoms with Crippen LogP contribution in [0, 0.1) is 5.92 Å². The van der Waals surface area contributed by atoms with Crippen LogP contribution >= 0.6 is 11.3 Å². The molecule has 6 aromatic carbocycles. The standard InChI is InChI=1S/C47H30N4S/c1-2-13-29(14-3-1)45-48-46(37-22-12-21-36-35-20-9-11-24-43(35)52-44(36)37)50-47(49-45)39-26-31-16-5-7-18-33(31)28-42(39)51-40-23-10-8-19-34(40)38-25-30-15-4-6-17-32(30)27-41(38)51/h1-25,27-28,31H,26H2. The van der Waals surface area contributed by atoms with Crippen LogP contribution in [0.4, 0.5) is 0 Å². The molecule has 0 radical (unpaired) electrons. The average Bonchev–Trinajstić information content (AvgIpc) is 3.75. The van der Waals surface area contributed by atoms with E-state index in [1.807, 2.05) is 18.2 Å². The Balaban J connectivity index is 1.23. The maximum absolute atomic E-state index is 5.42. The molecule has 244 valence electrons. The minimum Gasteiger partial charge on any atom is -0.309 e. The van der Waals surface area contributed by atoms with Gasteiger partial charge in [-0.25, -0.2) is 15.0 Å². The zero-order valence-electron chi connectivity index (χ0n) is 28.1. The lowest BCUT2D eigenvalue weighted by Gasteiger charge is -2.27. The molecule has 52 heavy (non-hydrogen) atoms. The number of rotatable bonds is 4. The average molecular weight is 683 g/mol. The lowest BCUT2D eigenvalue weighted by Crippen LogP contribution is -2.15. The number of para-hydroxylation sites is 1. The second-order valence-electron chi connectivity index (χ2n) is 13.6. The van der Waals surface area contributed by atoms with Crippen molar-refractivity contribution < 1.29 is 0 Å². The highest BCUT2D eigenvalue weighted by molar-refractivity contribution is 7.26. The van der Waals surface area contributed by atoms with Gasteiger partial charge < -0.3 is 4.57 Å². The molecule has 1 atom stereocenters. The monoisotopic (exact) mass is 682 g/mol. The van der Waals surface area contributed by atoms with Gasteiger partial charge in [-0.2, -0.15) is 0 Å². The molecule has 2 aliphatic rings. The molecule has 0 saturated carbocycles. The first kappa shape index (κ1) is 29.3. The zero-order valence-corrected chi connectivity index (χ0v) is 28.9. The van der Waals surface area contributed by atoms with E-state index in [1.165, 1.54) is 58.3 Å². The van der Waals surface area contributed by atoms with E-state index in [2.05, 4.69) is 150 Å². The maximum Gasteiger partial charge on any atom is 0.165 e. The van der Waals surface area contributed by atoms with Crippen molar-refractivity contribution in [3.8, 4) is 22.8 Å². The van der Waals surface area contributed by atoms with Gasteiger partial charge in [0, 0.05) is 53.6 Å². The van der Waals surface area contributed by atoms with Gasteiger partial charge in [0.25, 0.3) is 0 Å². The van der Waals surface area contributed by atoms with Crippen molar-refractivity contribution in [3.05, 3.63) is 175 Å². The summed E-state index contributed by atoms with van der Waals surface area (Å²) in [6.07, 6.45) is 12.0. The number of hydrogen-bond acceptors (Lipinski definition) is 4. The molecule has 0 N–H and O–H groups in total. The predicted octanol–water partition coefficient (Wildman–Crippen LogP) is 12.3.